The number of nitrogen functional groups attached to an aromatic ring is 1. The van der Waals surface area contributed by atoms with Crippen molar-refractivity contribution in [2.24, 2.45) is 5.73 Å². The minimum Gasteiger partial charge on any atom is -0.396 e. The molecule has 2 aromatic rings. The van der Waals surface area contributed by atoms with Gasteiger partial charge in [0.2, 0.25) is 0 Å². The average molecular weight is 265 g/mol. The Morgan fingerprint density at radius 2 is 1.94 bits per heavy atom. The summed E-state index contributed by atoms with van der Waals surface area (Å²) in [7, 11) is 0. The van der Waals surface area contributed by atoms with Crippen molar-refractivity contribution in [3.8, 4) is 5.69 Å². The number of hydrogen-bond acceptors (Lipinski definition) is 4. The van der Waals surface area contributed by atoms with Gasteiger partial charge in [-0.25, -0.2) is 0 Å². The monoisotopic (exact) mass is 264 g/mol. The summed E-state index contributed by atoms with van der Waals surface area (Å²) in [5.74, 6) is 0. The molecule has 0 saturated heterocycles. The van der Waals surface area contributed by atoms with Crippen LogP contribution in [0.5, 0.6) is 0 Å². The summed E-state index contributed by atoms with van der Waals surface area (Å²) in [6.07, 6.45) is 0. The average Bonchev–Trinajstić information content (AvgIpc) is 2.37. The molecule has 0 amide bonds. The summed E-state index contributed by atoms with van der Waals surface area (Å²) in [5, 5.41) is 4.12. The molecule has 0 fully saturated rings. The van der Waals surface area contributed by atoms with E-state index in [9.17, 15) is 4.79 Å². The van der Waals surface area contributed by atoms with Gasteiger partial charge in [-0.1, -0.05) is 29.8 Å². The lowest BCUT2D eigenvalue weighted by atomic mass is 10.2. The maximum atomic E-state index is 12.0. The van der Waals surface area contributed by atoms with Crippen LogP contribution in [-0.4, -0.2) is 9.78 Å². The van der Waals surface area contributed by atoms with E-state index in [2.05, 4.69) is 5.10 Å². The van der Waals surface area contributed by atoms with Gasteiger partial charge in [0.1, 0.15) is 10.7 Å². The van der Waals surface area contributed by atoms with Crippen LogP contribution in [0.1, 0.15) is 18.7 Å². The molecule has 0 saturated carbocycles. The maximum Gasteiger partial charge on any atom is 0.292 e. The predicted octanol–water partition coefficient (Wildman–Crippen LogP) is 1.49. The van der Waals surface area contributed by atoms with E-state index in [0.29, 0.717) is 11.4 Å². The second-order valence-corrected chi connectivity index (χ2v) is 4.33. The molecule has 1 heterocycles. The van der Waals surface area contributed by atoms with Crippen molar-refractivity contribution in [3.05, 3.63) is 51.4 Å². The van der Waals surface area contributed by atoms with E-state index in [1.165, 1.54) is 4.68 Å². The zero-order chi connectivity index (χ0) is 13.3. The Labute approximate surface area is 109 Å². The zero-order valence-electron chi connectivity index (χ0n) is 9.80. The Bertz CT molecular complexity index is 622. The number of hydrogen-bond donors (Lipinski definition) is 2. The predicted molar refractivity (Wildman–Crippen MR) is 71.9 cm³/mol. The van der Waals surface area contributed by atoms with Gasteiger partial charge in [0.25, 0.3) is 5.56 Å². The number of benzene rings is 1. The van der Waals surface area contributed by atoms with Crippen molar-refractivity contribution in [3.63, 3.8) is 0 Å². The number of anilines is 1. The summed E-state index contributed by atoms with van der Waals surface area (Å²) < 4.78 is 1.21. The molecule has 1 aromatic carbocycles. The highest BCUT2D eigenvalue weighted by Gasteiger charge is 2.16. The number of halogens is 1. The molecule has 18 heavy (non-hydrogen) atoms. The fraction of sp³-hybridized carbons (Fsp3) is 0.167. The number of para-hydroxylation sites is 1. The standard InChI is InChI=1S/C12H13ClN4O/c1-7(14)11-10(15)9(13)12(18)17(16-11)8-5-3-2-4-6-8/h2-7H,14-15H2,1H3. The highest BCUT2D eigenvalue weighted by atomic mass is 35.5. The zero-order valence-corrected chi connectivity index (χ0v) is 10.6. The van der Waals surface area contributed by atoms with Gasteiger partial charge in [0.05, 0.1) is 11.4 Å². The number of rotatable bonds is 2. The van der Waals surface area contributed by atoms with E-state index < -0.39 is 11.6 Å². The SMILES string of the molecule is CC(N)c1nn(-c2ccccc2)c(=O)c(Cl)c1N. The number of nitrogens with two attached hydrogens (primary N) is 2. The topological polar surface area (TPSA) is 86.9 Å². The first-order valence-electron chi connectivity index (χ1n) is 5.41. The minimum absolute atomic E-state index is 0.0545. The molecule has 0 bridgehead atoms. The van der Waals surface area contributed by atoms with E-state index in [1.54, 1.807) is 31.2 Å². The third kappa shape index (κ3) is 2.10. The molecule has 1 aromatic heterocycles. The van der Waals surface area contributed by atoms with Crippen LogP contribution in [0.3, 0.4) is 0 Å². The molecule has 0 aliphatic rings. The Morgan fingerprint density at radius 3 is 2.50 bits per heavy atom. The lowest BCUT2D eigenvalue weighted by molar-refractivity contribution is 0.699. The fourth-order valence-corrected chi connectivity index (χ4v) is 1.79. The van der Waals surface area contributed by atoms with Gasteiger partial charge in [0, 0.05) is 6.04 Å². The molecule has 1 unspecified atom stereocenters. The molecule has 2 rings (SSSR count). The van der Waals surface area contributed by atoms with E-state index in [-0.39, 0.29) is 10.7 Å². The summed E-state index contributed by atoms with van der Waals surface area (Å²) >= 11 is 5.93. The summed E-state index contributed by atoms with van der Waals surface area (Å²) in [6.45, 7) is 1.73. The molecule has 0 radical (unpaired) electrons. The van der Waals surface area contributed by atoms with E-state index in [4.69, 9.17) is 23.1 Å². The summed E-state index contributed by atoms with van der Waals surface area (Å²) in [5.41, 5.74) is 12.2. The van der Waals surface area contributed by atoms with E-state index >= 15 is 0 Å². The third-order valence-electron chi connectivity index (χ3n) is 2.53. The van der Waals surface area contributed by atoms with Crippen LogP contribution in [0.4, 0.5) is 5.69 Å². The Balaban J connectivity index is 2.73. The first kappa shape index (κ1) is 12.6. The summed E-state index contributed by atoms with van der Waals surface area (Å²) in [4.78, 5) is 12.0. The number of nitrogens with zero attached hydrogens (tertiary/aromatic N) is 2. The molecular weight excluding hydrogens is 252 g/mol. The quantitative estimate of drug-likeness (QED) is 0.860. The highest BCUT2D eigenvalue weighted by Crippen LogP contribution is 2.21. The van der Waals surface area contributed by atoms with Gasteiger partial charge in [-0.05, 0) is 19.1 Å². The Morgan fingerprint density at radius 1 is 1.33 bits per heavy atom. The van der Waals surface area contributed by atoms with Gasteiger partial charge in [-0.15, -0.1) is 0 Å². The lowest BCUT2D eigenvalue weighted by Crippen LogP contribution is -2.26. The molecule has 1 atom stereocenters. The van der Waals surface area contributed by atoms with Crippen LogP contribution in [0.15, 0.2) is 35.1 Å². The van der Waals surface area contributed by atoms with Crippen molar-refractivity contribution < 1.29 is 0 Å². The van der Waals surface area contributed by atoms with Crippen molar-refractivity contribution in [2.45, 2.75) is 13.0 Å². The lowest BCUT2D eigenvalue weighted by Gasteiger charge is -2.13. The van der Waals surface area contributed by atoms with Crippen molar-refractivity contribution in [2.75, 3.05) is 5.73 Å². The molecule has 0 aliphatic carbocycles. The molecule has 0 aliphatic heterocycles. The molecule has 0 spiro atoms. The fourth-order valence-electron chi connectivity index (χ4n) is 1.61. The van der Waals surface area contributed by atoms with E-state index in [0.717, 1.165) is 0 Å². The molecule has 4 N–H and O–H groups in total. The molecule has 5 nitrogen and oxygen atoms in total. The van der Waals surface area contributed by atoms with Gasteiger partial charge in [-0.2, -0.15) is 9.78 Å². The van der Waals surface area contributed by atoms with Gasteiger partial charge in [0.15, 0.2) is 0 Å². The van der Waals surface area contributed by atoms with Crippen LogP contribution in [0.25, 0.3) is 5.69 Å². The van der Waals surface area contributed by atoms with Crippen LogP contribution in [-0.2, 0) is 0 Å². The van der Waals surface area contributed by atoms with Crippen LogP contribution < -0.4 is 17.0 Å². The van der Waals surface area contributed by atoms with Crippen molar-refractivity contribution in [1.82, 2.24) is 9.78 Å². The van der Waals surface area contributed by atoms with Gasteiger partial charge < -0.3 is 11.5 Å². The van der Waals surface area contributed by atoms with E-state index in [1.807, 2.05) is 6.07 Å². The normalized spacial score (nSPS) is 12.4. The van der Waals surface area contributed by atoms with Crippen LogP contribution in [0.2, 0.25) is 5.02 Å². The second-order valence-electron chi connectivity index (χ2n) is 3.95. The Hall–Kier alpha value is -1.85. The first-order valence-corrected chi connectivity index (χ1v) is 5.79. The van der Waals surface area contributed by atoms with Gasteiger partial charge >= 0.3 is 0 Å². The first-order chi connectivity index (χ1) is 8.52. The second kappa shape index (κ2) is 4.80. The third-order valence-corrected chi connectivity index (χ3v) is 2.90. The van der Waals surface area contributed by atoms with Crippen molar-refractivity contribution in [1.29, 1.82) is 0 Å². The Kier molecular flexibility index (Phi) is 3.36. The van der Waals surface area contributed by atoms with Crippen LogP contribution in [0, 0.1) is 0 Å². The smallest absolute Gasteiger partial charge is 0.292 e. The number of aromatic nitrogens is 2. The van der Waals surface area contributed by atoms with Crippen molar-refractivity contribution >= 4 is 17.3 Å². The van der Waals surface area contributed by atoms with Crippen LogP contribution >= 0.6 is 11.6 Å². The van der Waals surface area contributed by atoms with Gasteiger partial charge in [-0.3, -0.25) is 4.79 Å². The molecule has 6 heteroatoms. The summed E-state index contributed by atoms with van der Waals surface area (Å²) in [6, 6.07) is 8.56. The molecule has 94 valence electrons. The maximum absolute atomic E-state index is 12.0. The molecular formula is C12H13ClN4O. The largest absolute Gasteiger partial charge is 0.396 e. The highest BCUT2D eigenvalue weighted by molar-refractivity contribution is 6.33. The minimum atomic E-state index is -0.454.